The lowest BCUT2D eigenvalue weighted by molar-refractivity contribution is -0.0351. The van der Waals surface area contributed by atoms with Gasteiger partial charge in [-0.2, -0.15) is 0 Å². The summed E-state index contributed by atoms with van der Waals surface area (Å²) in [4.78, 5) is 0. The molecule has 0 fully saturated rings. The fraction of sp³-hybridized carbons (Fsp3) is 0.625. The SMILES string of the molecule is CCOC(C(NC)c1cccc(OC)c1)C(C)(C)C. The maximum absolute atomic E-state index is 5.98. The van der Waals surface area contributed by atoms with Gasteiger partial charge in [0, 0.05) is 6.61 Å². The normalized spacial score (nSPS) is 15.1. The molecule has 108 valence electrons. The van der Waals surface area contributed by atoms with Gasteiger partial charge < -0.3 is 14.8 Å². The highest BCUT2D eigenvalue weighted by Crippen LogP contribution is 2.33. The van der Waals surface area contributed by atoms with Gasteiger partial charge in [-0.15, -0.1) is 0 Å². The van der Waals surface area contributed by atoms with Gasteiger partial charge in [0.2, 0.25) is 0 Å². The Morgan fingerprint density at radius 3 is 2.42 bits per heavy atom. The average molecular weight is 265 g/mol. The van der Waals surface area contributed by atoms with Gasteiger partial charge in [0.25, 0.3) is 0 Å². The first-order chi connectivity index (χ1) is 8.93. The maximum atomic E-state index is 5.98. The predicted octanol–water partition coefficient (Wildman–Crippen LogP) is 3.41. The van der Waals surface area contributed by atoms with E-state index in [1.165, 1.54) is 5.56 Å². The van der Waals surface area contributed by atoms with Gasteiger partial charge in [0.15, 0.2) is 0 Å². The van der Waals surface area contributed by atoms with Gasteiger partial charge in [-0.1, -0.05) is 32.9 Å². The molecule has 0 aliphatic rings. The Hall–Kier alpha value is -1.06. The van der Waals surface area contributed by atoms with E-state index in [4.69, 9.17) is 9.47 Å². The summed E-state index contributed by atoms with van der Waals surface area (Å²) in [5, 5.41) is 3.38. The fourth-order valence-electron chi connectivity index (χ4n) is 2.35. The van der Waals surface area contributed by atoms with Crippen molar-refractivity contribution < 1.29 is 9.47 Å². The lowest BCUT2D eigenvalue weighted by Crippen LogP contribution is -2.41. The van der Waals surface area contributed by atoms with E-state index in [9.17, 15) is 0 Å². The van der Waals surface area contributed by atoms with E-state index in [1.54, 1.807) is 7.11 Å². The van der Waals surface area contributed by atoms with Crippen LogP contribution >= 0.6 is 0 Å². The maximum Gasteiger partial charge on any atom is 0.119 e. The molecule has 2 atom stereocenters. The second kappa shape index (κ2) is 6.92. The highest BCUT2D eigenvalue weighted by Gasteiger charge is 2.33. The summed E-state index contributed by atoms with van der Waals surface area (Å²) in [6, 6.07) is 8.31. The molecule has 0 radical (unpaired) electrons. The number of methoxy groups -OCH3 is 1. The molecule has 0 aliphatic carbocycles. The van der Waals surface area contributed by atoms with Crippen molar-refractivity contribution in [3.63, 3.8) is 0 Å². The van der Waals surface area contributed by atoms with Gasteiger partial charge in [-0.3, -0.25) is 0 Å². The molecule has 1 rings (SSSR count). The second-order valence-corrected chi connectivity index (χ2v) is 5.78. The summed E-state index contributed by atoms with van der Waals surface area (Å²) in [5.74, 6) is 0.877. The molecule has 0 aromatic heterocycles. The van der Waals surface area contributed by atoms with E-state index in [-0.39, 0.29) is 17.6 Å². The summed E-state index contributed by atoms with van der Waals surface area (Å²) in [5.41, 5.74) is 1.25. The zero-order valence-electron chi connectivity index (χ0n) is 13.0. The number of hydrogen-bond acceptors (Lipinski definition) is 3. The molecule has 1 N–H and O–H groups in total. The highest BCUT2D eigenvalue weighted by atomic mass is 16.5. The van der Waals surface area contributed by atoms with Gasteiger partial charge in [0.1, 0.15) is 5.75 Å². The standard InChI is InChI=1S/C16H27NO2/c1-7-19-15(16(2,3)4)14(17-5)12-9-8-10-13(11-12)18-6/h8-11,14-15,17H,7H2,1-6H3. The van der Waals surface area contributed by atoms with Crippen molar-refractivity contribution in [1.82, 2.24) is 5.32 Å². The van der Waals surface area contributed by atoms with E-state index in [0.717, 1.165) is 5.75 Å². The largest absolute Gasteiger partial charge is 0.497 e. The van der Waals surface area contributed by atoms with Crippen molar-refractivity contribution in [3.05, 3.63) is 29.8 Å². The monoisotopic (exact) mass is 265 g/mol. The first-order valence-electron chi connectivity index (χ1n) is 6.86. The number of ether oxygens (including phenoxy) is 2. The summed E-state index contributed by atoms with van der Waals surface area (Å²) in [6.07, 6.45) is 0.106. The molecule has 0 aliphatic heterocycles. The van der Waals surface area contributed by atoms with Crippen LogP contribution in [0, 0.1) is 5.41 Å². The van der Waals surface area contributed by atoms with Crippen LogP contribution in [0.4, 0.5) is 0 Å². The number of rotatable bonds is 6. The molecule has 3 nitrogen and oxygen atoms in total. The molecular formula is C16H27NO2. The third-order valence-electron chi connectivity index (χ3n) is 3.27. The third-order valence-corrected chi connectivity index (χ3v) is 3.27. The van der Waals surface area contributed by atoms with Gasteiger partial charge in [-0.05, 0) is 37.1 Å². The number of nitrogens with one attached hydrogen (secondary N) is 1. The Morgan fingerprint density at radius 2 is 1.95 bits per heavy atom. The molecule has 3 heteroatoms. The van der Waals surface area contributed by atoms with E-state index in [0.29, 0.717) is 6.61 Å². The molecule has 1 aromatic rings. The smallest absolute Gasteiger partial charge is 0.119 e. The van der Waals surface area contributed by atoms with Crippen LogP contribution in [0.2, 0.25) is 0 Å². The second-order valence-electron chi connectivity index (χ2n) is 5.78. The van der Waals surface area contributed by atoms with Crippen LogP contribution in [0.5, 0.6) is 5.75 Å². The lowest BCUT2D eigenvalue weighted by atomic mass is 9.82. The number of benzene rings is 1. The van der Waals surface area contributed by atoms with Crippen molar-refractivity contribution in [2.75, 3.05) is 20.8 Å². The minimum Gasteiger partial charge on any atom is -0.497 e. The molecule has 0 saturated carbocycles. The fourth-order valence-corrected chi connectivity index (χ4v) is 2.35. The van der Waals surface area contributed by atoms with Gasteiger partial charge in [-0.25, -0.2) is 0 Å². The van der Waals surface area contributed by atoms with Crippen LogP contribution in [0.1, 0.15) is 39.3 Å². The van der Waals surface area contributed by atoms with Crippen LogP contribution in [0.25, 0.3) is 0 Å². The number of hydrogen-bond donors (Lipinski definition) is 1. The van der Waals surface area contributed by atoms with E-state index in [1.807, 2.05) is 26.1 Å². The minimum atomic E-state index is 0.0623. The Morgan fingerprint density at radius 1 is 1.26 bits per heavy atom. The zero-order chi connectivity index (χ0) is 14.5. The Bertz CT molecular complexity index is 385. The van der Waals surface area contributed by atoms with E-state index in [2.05, 4.69) is 38.2 Å². The van der Waals surface area contributed by atoms with Gasteiger partial charge in [0.05, 0.1) is 19.3 Å². The van der Waals surface area contributed by atoms with Crippen LogP contribution in [-0.2, 0) is 4.74 Å². The summed E-state index contributed by atoms with van der Waals surface area (Å²) < 4.78 is 11.3. The first kappa shape index (κ1) is 16.0. The zero-order valence-corrected chi connectivity index (χ0v) is 13.0. The molecule has 1 aromatic carbocycles. The van der Waals surface area contributed by atoms with E-state index >= 15 is 0 Å². The van der Waals surface area contributed by atoms with Crippen LogP contribution in [0.15, 0.2) is 24.3 Å². The summed E-state index contributed by atoms with van der Waals surface area (Å²) in [6.45, 7) is 9.37. The molecule has 0 saturated heterocycles. The molecule has 0 amide bonds. The number of likely N-dealkylation sites (N-methyl/N-ethyl adjacent to an activating group) is 1. The van der Waals surface area contributed by atoms with Crippen molar-refractivity contribution in [2.24, 2.45) is 5.41 Å². The van der Waals surface area contributed by atoms with Crippen molar-refractivity contribution in [2.45, 2.75) is 39.8 Å². The van der Waals surface area contributed by atoms with Crippen molar-refractivity contribution in [1.29, 1.82) is 0 Å². The quantitative estimate of drug-likeness (QED) is 0.855. The van der Waals surface area contributed by atoms with E-state index < -0.39 is 0 Å². The third kappa shape index (κ3) is 4.22. The minimum absolute atomic E-state index is 0.0623. The molecule has 0 heterocycles. The van der Waals surface area contributed by atoms with Crippen LogP contribution < -0.4 is 10.1 Å². The summed E-state index contributed by atoms with van der Waals surface area (Å²) in [7, 11) is 3.67. The van der Waals surface area contributed by atoms with Gasteiger partial charge >= 0.3 is 0 Å². The van der Waals surface area contributed by atoms with Crippen LogP contribution in [0.3, 0.4) is 0 Å². The topological polar surface area (TPSA) is 30.5 Å². The first-order valence-corrected chi connectivity index (χ1v) is 6.86. The predicted molar refractivity (Wildman–Crippen MR) is 79.7 cm³/mol. The Kier molecular flexibility index (Phi) is 5.83. The Labute approximate surface area is 117 Å². The molecular weight excluding hydrogens is 238 g/mol. The lowest BCUT2D eigenvalue weighted by Gasteiger charge is -2.37. The van der Waals surface area contributed by atoms with Crippen molar-refractivity contribution >= 4 is 0 Å². The Balaban J connectivity index is 3.08. The average Bonchev–Trinajstić information content (AvgIpc) is 2.38. The molecule has 19 heavy (non-hydrogen) atoms. The summed E-state index contributed by atoms with van der Waals surface area (Å²) >= 11 is 0. The molecule has 0 bridgehead atoms. The molecule has 2 unspecified atom stereocenters. The van der Waals surface area contributed by atoms with Crippen molar-refractivity contribution in [3.8, 4) is 5.75 Å². The molecule has 0 spiro atoms. The highest BCUT2D eigenvalue weighted by molar-refractivity contribution is 5.31. The van der Waals surface area contributed by atoms with Crippen LogP contribution in [-0.4, -0.2) is 26.9 Å².